The number of rotatable bonds is 2. The highest BCUT2D eigenvalue weighted by atomic mass is 14.7. The van der Waals surface area contributed by atoms with Crippen LogP contribution in [0.25, 0.3) is 79.1 Å². The van der Waals surface area contributed by atoms with Crippen LogP contribution < -0.4 is 10.4 Å². The van der Waals surface area contributed by atoms with Gasteiger partial charge in [-0.05, 0) is 78.5 Å². The lowest BCUT2D eigenvalue weighted by molar-refractivity contribution is 0.661. The first-order valence-corrected chi connectivity index (χ1v) is 14.1. The second-order valence-corrected chi connectivity index (χ2v) is 11.6. The molecule has 0 aliphatic heterocycles. The van der Waals surface area contributed by atoms with Gasteiger partial charge >= 0.3 is 0 Å². The average molecular weight is 525 g/mol. The van der Waals surface area contributed by atoms with Gasteiger partial charge in [-0.3, -0.25) is 9.97 Å². The third kappa shape index (κ3) is 3.25. The van der Waals surface area contributed by atoms with Gasteiger partial charge in [0.1, 0.15) is 0 Å². The maximum atomic E-state index is 4.97. The normalized spacial score (nSPS) is 13.5. The molecule has 0 spiro atoms. The topological polar surface area (TPSA) is 25.8 Å². The first-order valence-electron chi connectivity index (χ1n) is 14.1. The zero-order chi connectivity index (χ0) is 27.9. The van der Waals surface area contributed by atoms with Crippen molar-refractivity contribution in [2.24, 2.45) is 0 Å². The third-order valence-corrected chi connectivity index (χ3v) is 9.05. The second-order valence-electron chi connectivity index (χ2n) is 11.6. The summed E-state index contributed by atoms with van der Waals surface area (Å²) in [7, 11) is 0. The van der Waals surface area contributed by atoms with Crippen molar-refractivity contribution >= 4 is 45.5 Å². The molecule has 41 heavy (non-hydrogen) atoms. The highest BCUT2D eigenvalue weighted by molar-refractivity contribution is 6.13. The Morgan fingerprint density at radius 3 is 1.63 bits per heavy atom. The van der Waals surface area contributed by atoms with Gasteiger partial charge in [0.2, 0.25) is 0 Å². The summed E-state index contributed by atoms with van der Waals surface area (Å²) in [6.45, 7) is 14.0. The van der Waals surface area contributed by atoms with E-state index in [0.29, 0.717) is 0 Å². The molecule has 0 unspecified atom stereocenters. The van der Waals surface area contributed by atoms with Gasteiger partial charge in [0.15, 0.2) is 0 Å². The van der Waals surface area contributed by atoms with Crippen molar-refractivity contribution in [3.63, 3.8) is 0 Å². The second kappa shape index (κ2) is 8.46. The van der Waals surface area contributed by atoms with Gasteiger partial charge < -0.3 is 0 Å². The lowest BCUT2D eigenvalue weighted by atomic mass is 9.80. The fraction of sp³-hybridized carbons (Fsp3) is 0.0769. The molecule has 0 saturated heterocycles. The molecule has 0 amide bonds. The summed E-state index contributed by atoms with van der Waals surface area (Å²) < 4.78 is 0. The van der Waals surface area contributed by atoms with E-state index in [0.717, 1.165) is 65.3 Å². The molecule has 5 aromatic carbocycles. The van der Waals surface area contributed by atoms with Crippen molar-refractivity contribution in [2.75, 3.05) is 0 Å². The van der Waals surface area contributed by atoms with Crippen molar-refractivity contribution in [2.45, 2.75) is 19.3 Å². The van der Waals surface area contributed by atoms with E-state index in [1.165, 1.54) is 22.3 Å². The number of aromatic nitrogens is 2. The van der Waals surface area contributed by atoms with E-state index in [4.69, 9.17) is 9.97 Å². The number of fused-ring (bicyclic) bond motifs is 6. The standard InChI is InChI=1S/C39H28N2/c1-23-24(2)36(38-28-14-8-6-12-26(28)18-20-41-38)32-22-34-30(29-15-9-10-16-33(29)39(34,3)4)21-31(32)35(23)37-27-13-7-5-11-25(27)17-19-40-37/h5-22H,1-2H2,3-4H3. The van der Waals surface area contributed by atoms with E-state index >= 15 is 0 Å². The van der Waals surface area contributed by atoms with E-state index in [2.05, 4.69) is 124 Å². The molecular weight excluding hydrogens is 496 g/mol. The monoisotopic (exact) mass is 524 g/mol. The summed E-state index contributed by atoms with van der Waals surface area (Å²) in [6.07, 6.45) is 3.80. The molecule has 2 aromatic heterocycles. The van der Waals surface area contributed by atoms with Gasteiger partial charge in [-0.15, -0.1) is 0 Å². The minimum absolute atomic E-state index is 0.133. The Morgan fingerprint density at radius 1 is 0.512 bits per heavy atom. The molecule has 194 valence electrons. The van der Waals surface area contributed by atoms with Crippen LogP contribution in [0.4, 0.5) is 0 Å². The first-order chi connectivity index (χ1) is 19.9. The lowest BCUT2D eigenvalue weighted by Crippen LogP contribution is -2.28. The number of benzene rings is 5. The molecule has 8 rings (SSSR count). The quantitative estimate of drug-likeness (QED) is 0.227. The predicted molar refractivity (Wildman–Crippen MR) is 173 cm³/mol. The van der Waals surface area contributed by atoms with Crippen LogP contribution in [0.5, 0.6) is 0 Å². The maximum Gasteiger partial charge on any atom is 0.0792 e. The number of hydrogen-bond acceptors (Lipinski definition) is 2. The van der Waals surface area contributed by atoms with Gasteiger partial charge in [0.25, 0.3) is 0 Å². The molecule has 1 aliphatic carbocycles. The molecule has 0 bridgehead atoms. The molecule has 2 nitrogen and oxygen atoms in total. The van der Waals surface area contributed by atoms with Crippen molar-refractivity contribution < 1.29 is 0 Å². The summed E-state index contributed by atoms with van der Waals surface area (Å²) in [5.41, 5.74) is 9.06. The van der Waals surface area contributed by atoms with Crippen LogP contribution in [0.15, 0.2) is 109 Å². The van der Waals surface area contributed by atoms with Gasteiger partial charge in [-0.25, -0.2) is 0 Å². The predicted octanol–water partition coefficient (Wildman–Crippen LogP) is 8.40. The van der Waals surface area contributed by atoms with Crippen LogP contribution in [-0.2, 0) is 5.41 Å². The van der Waals surface area contributed by atoms with Crippen molar-refractivity contribution in [1.82, 2.24) is 9.97 Å². The summed E-state index contributed by atoms with van der Waals surface area (Å²) in [5.74, 6) is 0. The molecule has 7 aromatic rings. The van der Waals surface area contributed by atoms with Crippen molar-refractivity contribution in [1.29, 1.82) is 0 Å². The highest BCUT2D eigenvalue weighted by Gasteiger charge is 2.36. The van der Waals surface area contributed by atoms with Crippen molar-refractivity contribution in [3.05, 3.63) is 131 Å². The minimum atomic E-state index is -0.133. The Bertz CT molecular complexity index is 2320. The first kappa shape index (κ1) is 23.8. The van der Waals surface area contributed by atoms with Crippen LogP contribution in [-0.4, -0.2) is 9.97 Å². The molecule has 0 saturated carbocycles. The van der Waals surface area contributed by atoms with E-state index in [9.17, 15) is 0 Å². The summed E-state index contributed by atoms with van der Waals surface area (Å²) in [5, 5.41) is 8.57. The Kier molecular flexibility index (Phi) is 4.91. The average Bonchev–Trinajstić information content (AvgIpc) is 3.23. The van der Waals surface area contributed by atoms with E-state index in [1.807, 2.05) is 12.4 Å². The molecule has 0 atom stereocenters. The smallest absolute Gasteiger partial charge is 0.0792 e. The zero-order valence-corrected chi connectivity index (χ0v) is 23.2. The minimum Gasteiger partial charge on any atom is -0.256 e. The lowest BCUT2D eigenvalue weighted by Gasteiger charge is -2.23. The summed E-state index contributed by atoms with van der Waals surface area (Å²) >= 11 is 0. The summed E-state index contributed by atoms with van der Waals surface area (Å²) in [4.78, 5) is 9.93. The van der Waals surface area contributed by atoms with Crippen LogP contribution >= 0.6 is 0 Å². The van der Waals surface area contributed by atoms with E-state index in [-0.39, 0.29) is 5.41 Å². The molecule has 0 N–H and O–H groups in total. The Hall–Kier alpha value is -5.08. The molecule has 0 radical (unpaired) electrons. The summed E-state index contributed by atoms with van der Waals surface area (Å²) in [6, 6.07) is 34.6. The third-order valence-electron chi connectivity index (χ3n) is 9.05. The number of hydrogen-bond donors (Lipinski definition) is 0. The van der Waals surface area contributed by atoms with Crippen LogP contribution in [0, 0.1) is 0 Å². The van der Waals surface area contributed by atoms with Gasteiger partial charge in [-0.1, -0.05) is 99.8 Å². The van der Waals surface area contributed by atoms with Gasteiger partial charge in [0, 0.05) is 39.7 Å². The maximum absolute atomic E-state index is 4.97. The SMILES string of the molecule is C=c1c(-c2nccc3ccccc23)c2cc3c(cc2c(-c2nccc4ccccc24)c1=C)C(C)(C)c1ccccc1-3. The van der Waals surface area contributed by atoms with Gasteiger partial charge in [0.05, 0.1) is 11.4 Å². The van der Waals surface area contributed by atoms with E-state index < -0.39 is 0 Å². The number of pyridine rings is 2. The van der Waals surface area contributed by atoms with Crippen LogP contribution in [0.3, 0.4) is 0 Å². The number of nitrogens with zero attached hydrogens (tertiary/aromatic N) is 2. The molecule has 1 aliphatic rings. The Balaban J connectivity index is 1.59. The van der Waals surface area contributed by atoms with Crippen molar-refractivity contribution in [3.8, 4) is 33.6 Å². The molecule has 2 heteroatoms. The molecule has 2 heterocycles. The zero-order valence-electron chi connectivity index (χ0n) is 23.2. The fourth-order valence-corrected chi connectivity index (χ4v) is 6.97. The van der Waals surface area contributed by atoms with Crippen LogP contribution in [0.2, 0.25) is 0 Å². The Labute approximate surface area is 239 Å². The molecule has 0 fully saturated rings. The largest absolute Gasteiger partial charge is 0.256 e. The highest BCUT2D eigenvalue weighted by Crippen LogP contribution is 2.51. The van der Waals surface area contributed by atoms with Gasteiger partial charge in [-0.2, -0.15) is 0 Å². The van der Waals surface area contributed by atoms with E-state index in [1.54, 1.807) is 0 Å². The Morgan fingerprint density at radius 2 is 1.02 bits per heavy atom. The fourth-order valence-electron chi connectivity index (χ4n) is 6.97. The van der Waals surface area contributed by atoms with Crippen LogP contribution in [0.1, 0.15) is 25.0 Å². The molecular formula is C39H28N2.